The zero-order chi connectivity index (χ0) is 20.5. The van der Waals surface area contributed by atoms with Crippen LogP contribution in [0.2, 0.25) is 0 Å². The number of nitrogens with one attached hydrogen (secondary N) is 1. The highest BCUT2D eigenvalue weighted by Gasteiger charge is 2.37. The second kappa shape index (κ2) is 7.90. The van der Waals surface area contributed by atoms with Gasteiger partial charge in [-0.2, -0.15) is 0 Å². The third kappa shape index (κ3) is 3.61. The Morgan fingerprint density at radius 3 is 2.72 bits per heavy atom. The molecule has 0 spiro atoms. The fraction of sp³-hybridized carbons (Fsp3) is 0.417. The third-order valence-electron chi connectivity index (χ3n) is 6.12. The molecule has 1 atom stereocenters. The number of anilines is 2. The first-order valence-corrected chi connectivity index (χ1v) is 10.6. The Morgan fingerprint density at radius 2 is 1.93 bits per heavy atom. The van der Waals surface area contributed by atoms with Crippen LogP contribution >= 0.6 is 0 Å². The summed E-state index contributed by atoms with van der Waals surface area (Å²) in [6.07, 6.45) is 4.44. The Labute approximate surface area is 172 Å². The first kappa shape index (κ1) is 19.5. The zero-order valence-corrected chi connectivity index (χ0v) is 17.5. The zero-order valence-electron chi connectivity index (χ0n) is 17.5. The summed E-state index contributed by atoms with van der Waals surface area (Å²) in [5.74, 6) is -0.0496. The lowest BCUT2D eigenvalue weighted by Gasteiger charge is -2.44. The lowest BCUT2D eigenvalue weighted by molar-refractivity contribution is 0.0656. The average Bonchev–Trinajstić information content (AvgIpc) is 2.97. The Kier molecular flexibility index (Phi) is 5.31. The second-order valence-corrected chi connectivity index (χ2v) is 8.12. The van der Waals surface area contributed by atoms with Gasteiger partial charge in [-0.1, -0.05) is 18.6 Å². The van der Waals surface area contributed by atoms with Crippen LogP contribution in [0.25, 0.3) is 0 Å². The summed E-state index contributed by atoms with van der Waals surface area (Å²) < 4.78 is 0. The molecule has 152 valence electrons. The molecule has 1 unspecified atom stereocenters. The highest BCUT2D eigenvalue weighted by molar-refractivity contribution is 6.08. The molecule has 0 aliphatic carbocycles. The molecular weight excluding hydrogens is 362 g/mol. The van der Waals surface area contributed by atoms with E-state index in [-0.39, 0.29) is 18.0 Å². The minimum atomic E-state index is -0.145. The monoisotopic (exact) mass is 391 g/mol. The van der Waals surface area contributed by atoms with Crippen LogP contribution in [-0.2, 0) is 0 Å². The normalized spacial score (nSPS) is 18.7. The Morgan fingerprint density at radius 1 is 1.10 bits per heavy atom. The summed E-state index contributed by atoms with van der Waals surface area (Å²) in [7, 11) is 0. The Hall–Kier alpha value is -2.82. The van der Waals surface area contributed by atoms with Crippen LogP contribution in [0, 0.1) is 13.8 Å². The predicted octanol–water partition coefficient (Wildman–Crippen LogP) is 4.74. The summed E-state index contributed by atoms with van der Waals surface area (Å²) in [5, 5.41) is 3.03. The van der Waals surface area contributed by atoms with Crippen LogP contribution in [-0.4, -0.2) is 36.0 Å². The van der Waals surface area contributed by atoms with Crippen molar-refractivity contribution in [1.82, 2.24) is 4.90 Å². The van der Waals surface area contributed by atoms with Gasteiger partial charge in [0.05, 0.1) is 11.3 Å². The fourth-order valence-electron chi connectivity index (χ4n) is 4.50. The molecule has 1 fully saturated rings. The summed E-state index contributed by atoms with van der Waals surface area (Å²) in [4.78, 5) is 30.4. The molecule has 29 heavy (non-hydrogen) atoms. The van der Waals surface area contributed by atoms with Gasteiger partial charge in [0.25, 0.3) is 11.8 Å². The van der Waals surface area contributed by atoms with Gasteiger partial charge in [0.15, 0.2) is 0 Å². The summed E-state index contributed by atoms with van der Waals surface area (Å²) in [5.41, 5.74) is 5.13. The van der Waals surface area contributed by atoms with Crippen molar-refractivity contribution < 1.29 is 9.59 Å². The molecule has 5 heteroatoms. The SMILES string of the molecule is CCN1c2cc(C(=O)Nc3cc(C)ccc3C)ccc2C(=O)N2CCCCCC21. The number of aryl methyl sites for hydroxylation is 2. The quantitative estimate of drug-likeness (QED) is 0.822. The molecule has 0 aromatic heterocycles. The number of nitrogens with zero attached hydrogens (tertiary/aromatic N) is 2. The molecule has 2 aliphatic heterocycles. The van der Waals surface area contributed by atoms with E-state index >= 15 is 0 Å². The van der Waals surface area contributed by atoms with Gasteiger partial charge < -0.3 is 15.1 Å². The number of hydrogen-bond acceptors (Lipinski definition) is 3. The molecule has 0 radical (unpaired) electrons. The first-order chi connectivity index (χ1) is 14.0. The molecule has 2 aromatic carbocycles. The number of fused-ring (bicyclic) bond motifs is 2. The molecule has 2 heterocycles. The largest absolute Gasteiger partial charge is 0.351 e. The first-order valence-electron chi connectivity index (χ1n) is 10.6. The number of rotatable bonds is 3. The molecule has 0 saturated carbocycles. The molecule has 5 nitrogen and oxygen atoms in total. The van der Waals surface area contributed by atoms with Gasteiger partial charge >= 0.3 is 0 Å². The van der Waals surface area contributed by atoms with Crippen molar-refractivity contribution >= 4 is 23.2 Å². The van der Waals surface area contributed by atoms with Crippen molar-refractivity contribution in [3.63, 3.8) is 0 Å². The smallest absolute Gasteiger partial charge is 0.257 e. The summed E-state index contributed by atoms with van der Waals surface area (Å²) in [6, 6.07) is 11.5. The number of carbonyl (C=O) groups excluding carboxylic acids is 2. The van der Waals surface area contributed by atoms with E-state index in [0.717, 1.165) is 61.3 Å². The van der Waals surface area contributed by atoms with Crippen molar-refractivity contribution in [2.75, 3.05) is 23.3 Å². The van der Waals surface area contributed by atoms with E-state index < -0.39 is 0 Å². The van der Waals surface area contributed by atoms with Gasteiger partial charge in [-0.15, -0.1) is 0 Å². The van der Waals surface area contributed by atoms with Gasteiger partial charge in [0, 0.05) is 24.3 Å². The Bertz CT molecular complexity index is 953. The van der Waals surface area contributed by atoms with Crippen molar-refractivity contribution in [1.29, 1.82) is 0 Å². The highest BCUT2D eigenvalue weighted by Crippen LogP contribution is 2.35. The molecule has 2 amide bonds. The van der Waals surface area contributed by atoms with Crippen molar-refractivity contribution in [3.8, 4) is 0 Å². The maximum Gasteiger partial charge on any atom is 0.257 e. The predicted molar refractivity (Wildman–Crippen MR) is 117 cm³/mol. The number of benzene rings is 2. The van der Waals surface area contributed by atoms with Crippen molar-refractivity contribution in [2.24, 2.45) is 0 Å². The average molecular weight is 392 g/mol. The molecule has 1 saturated heterocycles. The van der Waals surface area contributed by atoms with E-state index in [1.807, 2.05) is 49.1 Å². The number of amides is 2. The number of carbonyl (C=O) groups is 2. The molecule has 4 rings (SSSR count). The van der Waals surface area contributed by atoms with Gasteiger partial charge in [-0.3, -0.25) is 9.59 Å². The summed E-state index contributed by atoms with van der Waals surface area (Å²) >= 11 is 0. The van der Waals surface area contributed by atoms with E-state index in [0.29, 0.717) is 11.1 Å². The van der Waals surface area contributed by atoms with E-state index in [4.69, 9.17) is 0 Å². The van der Waals surface area contributed by atoms with E-state index in [1.54, 1.807) is 6.07 Å². The lowest BCUT2D eigenvalue weighted by atomic mass is 10.0. The van der Waals surface area contributed by atoms with Crippen LogP contribution in [0.1, 0.15) is 64.4 Å². The van der Waals surface area contributed by atoms with Crippen molar-refractivity contribution in [2.45, 2.75) is 52.6 Å². The molecular formula is C24H29N3O2. The lowest BCUT2D eigenvalue weighted by Crippen LogP contribution is -2.55. The molecule has 1 N–H and O–H groups in total. The molecule has 2 aliphatic rings. The molecule has 0 bridgehead atoms. The fourth-order valence-corrected chi connectivity index (χ4v) is 4.50. The topological polar surface area (TPSA) is 52.7 Å². The van der Waals surface area contributed by atoms with Crippen LogP contribution in [0.5, 0.6) is 0 Å². The van der Waals surface area contributed by atoms with Crippen molar-refractivity contribution in [3.05, 3.63) is 58.7 Å². The van der Waals surface area contributed by atoms with Crippen LogP contribution in [0.3, 0.4) is 0 Å². The van der Waals surface area contributed by atoms with Crippen LogP contribution in [0.4, 0.5) is 11.4 Å². The maximum absolute atomic E-state index is 13.1. The van der Waals surface area contributed by atoms with Gasteiger partial charge in [-0.25, -0.2) is 0 Å². The van der Waals surface area contributed by atoms with Crippen LogP contribution < -0.4 is 10.2 Å². The third-order valence-corrected chi connectivity index (χ3v) is 6.12. The second-order valence-electron chi connectivity index (χ2n) is 8.12. The molecule has 2 aromatic rings. The maximum atomic E-state index is 13.1. The minimum Gasteiger partial charge on any atom is -0.351 e. The van der Waals surface area contributed by atoms with Gasteiger partial charge in [-0.05, 0) is 75.4 Å². The Balaban J connectivity index is 1.67. The number of hydrogen-bond donors (Lipinski definition) is 1. The standard InChI is InChI=1S/C24H29N3O2/c1-4-26-21-15-18(23(28)25-20-14-16(2)9-10-17(20)3)11-12-19(21)24(29)27-13-7-5-6-8-22(26)27/h9-12,14-15,22H,4-8,13H2,1-3H3,(H,25,28). The van der Waals surface area contributed by atoms with Crippen LogP contribution in [0.15, 0.2) is 36.4 Å². The van der Waals surface area contributed by atoms with Gasteiger partial charge in [0.1, 0.15) is 6.17 Å². The summed E-state index contributed by atoms with van der Waals surface area (Å²) in [6.45, 7) is 7.74. The van der Waals surface area contributed by atoms with E-state index in [2.05, 4.69) is 17.1 Å². The highest BCUT2D eigenvalue weighted by atomic mass is 16.2. The van der Waals surface area contributed by atoms with E-state index in [9.17, 15) is 9.59 Å². The van der Waals surface area contributed by atoms with E-state index in [1.165, 1.54) is 0 Å². The van der Waals surface area contributed by atoms with Gasteiger partial charge in [0.2, 0.25) is 0 Å². The minimum absolute atomic E-state index is 0.0955.